The molecule has 0 saturated carbocycles. The van der Waals surface area contributed by atoms with Gasteiger partial charge in [0.1, 0.15) is 0 Å². The average molecular weight is 506 g/mol. The predicted molar refractivity (Wildman–Crippen MR) is 152 cm³/mol. The van der Waals surface area contributed by atoms with Crippen LogP contribution in [0.1, 0.15) is 134 Å². The van der Waals surface area contributed by atoms with Crippen molar-refractivity contribution >= 4 is 5.78 Å². The van der Waals surface area contributed by atoms with Gasteiger partial charge >= 0.3 is 0 Å². The van der Waals surface area contributed by atoms with Gasteiger partial charge in [0.05, 0.1) is 19.8 Å². The van der Waals surface area contributed by atoms with E-state index < -0.39 is 0 Å². The van der Waals surface area contributed by atoms with Crippen LogP contribution in [0.2, 0.25) is 0 Å². The Morgan fingerprint density at radius 3 is 1.75 bits per heavy atom. The van der Waals surface area contributed by atoms with Crippen LogP contribution < -0.4 is 19.5 Å². The van der Waals surface area contributed by atoms with E-state index in [-0.39, 0.29) is 5.78 Å². The molecule has 0 heterocycles. The van der Waals surface area contributed by atoms with Crippen LogP contribution in [-0.2, 0) is 6.42 Å². The van der Waals surface area contributed by atoms with Crippen molar-refractivity contribution in [3.63, 3.8) is 0 Å². The van der Waals surface area contributed by atoms with Crippen LogP contribution in [0.25, 0.3) is 0 Å². The topological polar surface area (TPSA) is 56.8 Å². The highest BCUT2D eigenvalue weighted by atomic mass is 16.5. The van der Waals surface area contributed by atoms with Crippen LogP contribution in [0.3, 0.4) is 0 Å². The summed E-state index contributed by atoms with van der Waals surface area (Å²) in [5.74, 6) is 2.13. The predicted octanol–water partition coefficient (Wildman–Crippen LogP) is 8.31. The Bertz CT molecular complexity index is 704. The molecule has 1 rings (SSSR count). The zero-order chi connectivity index (χ0) is 26.4. The van der Waals surface area contributed by atoms with E-state index in [0.29, 0.717) is 36.9 Å². The molecule has 0 unspecified atom stereocenters. The van der Waals surface area contributed by atoms with E-state index >= 15 is 0 Å². The Hall–Kier alpha value is -1.75. The molecule has 0 bridgehead atoms. The van der Waals surface area contributed by atoms with Gasteiger partial charge in [-0.2, -0.15) is 0 Å². The number of benzene rings is 1. The number of unbranched alkanes of at least 4 members (excludes halogenated alkanes) is 10. The lowest BCUT2D eigenvalue weighted by atomic mass is 9.97. The third kappa shape index (κ3) is 13.0. The molecule has 1 aromatic carbocycles. The molecule has 1 aromatic rings. The SMILES string of the molecule is CCCCCCCOc1cc(C(C)=O)c(CCCNC)c(OCCCCCCC)c1OCCCCC. The number of ether oxygens (including phenoxy) is 3. The summed E-state index contributed by atoms with van der Waals surface area (Å²) in [5, 5.41) is 3.22. The Kier molecular flexibility index (Phi) is 19.1. The fourth-order valence-electron chi connectivity index (χ4n) is 4.35. The van der Waals surface area contributed by atoms with Crippen LogP contribution in [0.5, 0.6) is 17.2 Å². The van der Waals surface area contributed by atoms with Crippen molar-refractivity contribution in [1.82, 2.24) is 5.32 Å². The van der Waals surface area contributed by atoms with Gasteiger partial charge in [-0.15, -0.1) is 0 Å². The summed E-state index contributed by atoms with van der Waals surface area (Å²) in [5.41, 5.74) is 1.67. The van der Waals surface area contributed by atoms with Crippen molar-refractivity contribution in [3.8, 4) is 17.2 Å². The van der Waals surface area contributed by atoms with Crippen molar-refractivity contribution in [2.24, 2.45) is 0 Å². The summed E-state index contributed by atoms with van der Waals surface area (Å²) in [6, 6.07) is 1.91. The summed E-state index contributed by atoms with van der Waals surface area (Å²) in [7, 11) is 1.96. The van der Waals surface area contributed by atoms with Gasteiger partial charge in [-0.05, 0) is 58.7 Å². The first-order valence-electron chi connectivity index (χ1n) is 14.8. The molecule has 208 valence electrons. The largest absolute Gasteiger partial charge is 0.490 e. The van der Waals surface area contributed by atoms with Gasteiger partial charge < -0.3 is 19.5 Å². The van der Waals surface area contributed by atoms with Crippen LogP contribution >= 0.6 is 0 Å². The van der Waals surface area contributed by atoms with Gasteiger partial charge in [0.2, 0.25) is 5.75 Å². The first-order valence-corrected chi connectivity index (χ1v) is 14.8. The van der Waals surface area contributed by atoms with Gasteiger partial charge in [0.25, 0.3) is 0 Å². The van der Waals surface area contributed by atoms with Crippen molar-refractivity contribution in [2.45, 2.75) is 124 Å². The first kappa shape index (κ1) is 32.3. The highest BCUT2D eigenvalue weighted by molar-refractivity contribution is 5.97. The van der Waals surface area contributed by atoms with E-state index in [4.69, 9.17) is 14.2 Å². The van der Waals surface area contributed by atoms with Crippen LogP contribution in [0, 0.1) is 0 Å². The molecule has 0 atom stereocenters. The minimum absolute atomic E-state index is 0.0487. The second kappa shape index (κ2) is 21.3. The molecule has 0 fully saturated rings. The molecular weight excluding hydrogens is 450 g/mol. The van der Waals surface area contributed by atoms with Crippen LogP contribution in [0.4, 0.5) is 0 Å². The third-order valence-electron chi connectivity index (χ3n) is 6.53. The molecule has 0 saturated heterocycles. The second-order valence-electron chi connectivity index (χ2n) is 9.90. The Morgan fingerprint density at radius 1 is 0.694 bits per heavy atom. The fourth-order valence-corrected chi connectivity index (χ4v) is 4.35. The van der Waals surface area contributed by atoms with E-state index in [0.717, 1.165) is 75.6 Å². The lowest BCUT2D eigenvalue weighted by Crippen LogP contribution is -2.14. The lowest BCUT2D eigenvalue weighted by molar-refractivity contribution is 0.101. The second-order valence-corrected chi connectivity index (χ2v) is 9.90. The number of Topliss-reactive ketones (excluding diaryl/α,β-unsaturated/α-hetero) is 1. The highest BCUT2D eigenvalue weighted by Gasteiger charge is 2.24. The number of carbonyl (C=O) groups is 1. The van der Waals surface area contributed by atoms with E-state index in [1.807, 2.05) is 13.1 Å². The maximum absolute atomic E-state index is 12.7. The number of hydrogen-bond acceptors (Lipinski definition) is 5. The molecule has 0 aliphatic carbocycles. The van der Waals surface area contributed by atoms with E-state index in [1.54, 1.807) is 6.92 Å². The number of nitrogens with one attached hydrogen (secondary N) is 1. The highest BCUT2D eigenvalue weighted by Crippen LogP contribution is 2.44. The molecule has 0 aromatic heterocycles. The molecule has 0 aliphatic heterocycles. The zero-order valence-electron chi connectivity index (χ0n) is 24.1. The molecule has 0 aliphatic rings. The van der Waals surface area contributed by atoms with Crippen molar-refractivity contribution in [3.05, 3.63) is 17.2 Å². The summed E-state index contributed by atoms with van der Waals surface area (Å²) < 4.78 is 19.1. The van der Waals surface area contributed by atoms with Gasteiger partial charge in [0.15, 0.2) is 17.3 Å². The molecule has 5 heteroatoms. The summed E-state index contributed by atoms with van der Waals surface area (Å²) in [6.45, 7) is 11.1. The standard InChI is InChI=1S/C31H55NO4/c1-6-9-12-14-17-22-34-29-25-28(26(4)33)27(20-19-21-32-5)30(31(29)36-23-16-11-8-3)35-24-18-15-13-10-7-2/h25,32H,6-24H2,1-5H3. The summed E-state index contributed by atoms with van der Waals surface area (Å²) in [6.07, 6.45) is 16.7. The third-order valence-corrected chi connectivity index (χ3v) is 6.53. The monoisotopic (exact) mass is 505 g/mol. The number of hydrogen-bond donors (Lipinski definition) is 1. The van der Waals surface area contributed by atoms with Crippen molar-refractivity contribution < 1.29 is 19.0 Å². The quantitative estimate of drug-likeness (QED) is 0.113. The molecule has 36 heavy (non-hydrogen) atoms. The van der Waals surface area contributed by atoms with Crippen molar-refractivity contribution in [2.75, 3.05) is 33.4 Å². The smallest absolute Gasteiger partial charge is 0.203 e. The van der Waals surface area contributed by atoms with Gasteiger partial charge in [-0.1, -0.05) is 85.0 Å². The average Bonchev–Trinajstić information content (AvgIpc) is 2.87. The Balaban J connectivity index is 3.23. The van der Waals surface area contributed by atoms with E-state index in [9.17, 15) is 4.79 Å². The number of carbonyl (C=O) groups excluding carboxylic acids is 1. The molecule has 0 radical (unpaired) electrons. The lowest BCUT2D eigenvalue weighted by Gasteiger charge is -2.22. The van der Waals surface area contributed by atoms with Crippen molar-refractivity contribution in [1.29, 1.82) is 0 Å². The Labute approximate surface area is 222 Å². The minimum atomic E-state index is 0.0487. The molecular formula is C31H55NO4. The summed E-state index contributed by atoms with van der Waals surface area (Å²) in [4.78, 5) is 12.7. The molecule has 0 spiro atoms. The number of ketones is 1. The fraction of sp³-hybridized carbons (Fsp3) is 0.774. The molecule has 0 amide bonds. The first-order chi connectivity index (χ1) is 17.6. The maximum Gasteiger partial charge on any atom is 0.203 e. The maximum atomic E-state index is 12.7. The van der Waals surface area contributed by atoms with Gasteiger partial charge in [-0.3, -0.25) is 4.79 Å². The zero-order valence-corrected chi connectivity index (χ0v) is 24.1. The van der Waals surface area contributed by atoms with Crippen LogP contribution in [-0.4, -0.2) is 39.2 Å². The van der Waals surface area contributed by atoms with Gasteiger partial charge in [-0.25, -0.2) is 0 Å². The molecule has 1 N–H and O–H groups in total. The van der Waals surface area contributed by atoms with E-state index in [1.165, 1.54) is 38.5 Å². The Morgan fingerprint density at radius 2 is 1.19 bits per heavy atom. The van der Waals surface area contributed by atoms with E-state index in [2.05, 4.69) is 26.1 Å². The number of rotatable bonds is 24. The summed E-state index contributed by atoms with van der Waals surface area (Å²) >= 11 is 0. The normalized spacial score (nSPS) is 11.0. The van der Waals surface area contributed by atoms with Crippen LogP contribution in [0.15, 0.2) is 6.07 Å². The minimum Gasteiger partial charge on any atom is -0.490 e. The molecule has 5 nitrogen and oxygen atoms in total. The van der Waals surface area contributed by atoms with Gasteiger partial charge in [0, 0.05) is 11.1 Å².